The van der Waals surface area contributed by atoms with Gasteiger partial charge in [-0.05, 0) is 82.5 Å². The predicted octanol–water partition coefficient (Wildman–Crippen LogP) is 7.62. The number of hydrogen-bond donors (Lipinski definition) is 1. The van der Waals surface area contributed by atoms with E-state index in [1.807, 2.05) is 26.0 Å². The van der Waals surface area contributed by atoms with Crippen molar-refractivity contribution < 1.29 is 14.3 Å². The van der Waals surface area contributed by atoms with E-state index in [0.717, 1.165) is 42.7 Å². The van der Waals surface area contributed by atoms with Crippen LogP contribution in [0.1, 0.15) is 85.9 Å². The van der Waals surface area contributed by atoms with Crippen LogP contribution in [-0.2, 0) is 13.0 Å². The van der Waals surface area contributed by atoms with Crippen LogP contribution < -0.4 is 4.74 Å². The quantitative estimate of drug-likeness (QED) is 0.190. The van der Waals surface area contributed by atoms with Gasteiger partial charge in [-0.1, -0.05) is 48.5 Å². The molecule has 0 bridgehead atoms. The monoisotopic (exact) mass is 515 g/mol. The van der Waals surface area contributed by atoms with Crippen molar-refractivity contribution in [2.45, 2.75) is 83.9 Å². The molecule has 3 aromatic rings. The smallest absolute Gasteiger partial charge is 0.133 e. The summed E-state index contributed by atoms with van der Waals surface area (Å²) in [5, 5.41) is 13.0. The summed E-state index contributed by atoms with van der Waals surface area (Å²) in [6, 6.07) is 16.0. The van der Waals surface area contributed by atoms with Gasteiger partial charge in [0, 0.05) is 41.0 Å². The van der Waals surface area contributed by atoms with Crippen molar-refractivity contribution in [3.8, 4) is 17.0 Å². The number of aryl methyl sites for hydroxylation is 2. The average Bonchev–Trinajstić information content (AvgIpc) is 3.44. The Morgan fingerprint density at radius 2 is 1.89 bits per heavy atom. The predicted molar refractivity (Wildman–Crippen MR) is 149 cm³/mol. The highest BCUT2D eigenvalue weighted by Crippen LogP contribution is 2.38. The normalized spacial score (nSPS) is 18.1. The van der Waals surface area contributed by atoms with E-state index in [0.29, 0.717) is 41.5 Å². The van der Waals surface area contributed by atoms with Crippen LogP contribution in [0.25, 0.3) is 11.3 Å². The molecular weight excluding hydrogens is 477 g/mol. The Balaban J connectivity index is 1.55. The molecule has 0 amide bonds. The van der Waals surface area contributed by atoms with E-state index in [2.05, 4.69) is 41.4 Å². The van der Waals surface area contributed by atoms with Crippen molar-refractivity contribution in [2.24, 2.45) is 5.16 Å². The zero-order valence-electron chi connectivity index (χ0n) is 22.7. The number of nitrogens with zero attached hydrogens (tertiary/aromatic N) is 3. The van der Waals surface area contributed by atoms with E-state index in [1.54, 1.807) is 6.07 Å². The van der Waals surface area contributed by atoms with Gasteiger partial charge in [-0.2, -0.15) is 0 Å². The van der Waals surface area contributed by atoms with Crippen LogP contribution in [0.15, 0.2) is 53.7 Å². The van der Waals surface area contributed by atoms with E-state index in [4.69, 9.17) is 9.72 Å². The summed E-state index contributed by atoms with van der Waals surface area (Å²) in [6.45, 7) is 4.58. The summed E-state index contributed by atoms with van der Waals surface area (Å²) in [5.41, 5.74) is 6.65. The lowest BCUT2D eigenvalue weighted by Crippen LogP contribution is -2.28. The highest BCUT2D eigenvalue weighted by Gasteiger charge is 2.27. The van der Waals surface area contributed by atoms with Crippen LogP contribution in [0, 0.1) is 12.7 Å². The highest BCUT2D eigenvalue weighted by atomic mass is 19.1. The molecule has 1 atom stereocenters. The van der Waals surface area contributed by atoms with E-state index in [9.17, 15) is 5.21 Å². The molecule has 2 aliphatic rings. The third-order valence-electron chi connectivity index (χ3n) is 8.20. The minimum atomic E-state index is -0.422. The molecule has 0 saturated heterocycles. The lowest BCUT2D eigenvalue weighted by molar-refractivity contribution is 0.189. The topological polar surface area (TPSA) is 58.0 Å². The molecule has 5 rings (SSSR count). The fourth-order valence-corrected chi connectivity index (χ4v) is 6.17. The van der Waals surface area contributed by atoms with Crippen LogP contribution >= 0.6 is 0 Å². The third kappa shape index (κ3) is 5.32. The zero-order valence-corrected chi connectivity index (χ0v) is 22.7. The van der Waals surface area contributed by atoms with E-state index in [1.165, 1.54) is 36.5 Å². The van der Waals surface area contributed by atoms with E-state index >= 15 is 4.39 Å². The number of ether oxygens (including phenoxy) is 1. The van der Waals surface area contributed by atoms with Crippen molar-refractivity contribution in [1.29, 1.82) is 0 Å². The molecule has 0 spiro atoms. The second-order valence-electron chi connectivity index (χ2n) is 10.7. The fourth-order valence-electron chi connectivity index (χ4n) is 6.17. The van der Waals surface area contributed by atoms with Crippen molar-refractivity contribution in [2.75, 3.05) is 7.05 Å². The molecule has 0 aliphatic heterocycles. The molecule has 2 aromatic carbocycles. The number of pyridine rings is 1. The minimum absolute atomic E-state index is 0.182. The second-order valence-corrected chi connectivity index (χ2v) is 10.7. The molecule has 1 fully saturated rings. The Labute approximate surface area is 225 Å². The molecule has 2 aliphatic carbocycles. The van der Waals surface area contributed by atoms with Crippen molar-refractivity contribution in [3.63, 3.8) is 0 Å². The first kappa shape index (κ1) is 26.4. The Morgan fingerprint density at radius 1 is 1.11 bits per heavy atom. The summed E-state index contributed by atoms with van der Waals surface area (Å²) in [4.78, 5) is 7.38. The first-order valence-corrected chi connectivity index (χ1v) is 14.0. The maximum Gasteiger partial charge on any atom is 0.133 e. The number of hydrogen-bond acceptors (Lipinski definition) is 5. The molecular formula is C32H38FN3O2. The average molecular weight is 516 g/mol. The molecule has 5 nitrogen and oxygen atoms in total. The summed E-state index contributed by atoms with van der Waals surface area (Å²) in [7, 11) is 2.19. The zero-order chi connectivity index (χ0) is 26.6. The van der Waals surface area contributed by atoms with E-state index < -0.39 is 5.82 Å². The second kappa shape index (κ2) is 11.6. The standard InChI is InChI=1S/C32H38FN3O2/c1-4-28(35-37)32-25(16-10-17-27(32)33)29-19-31(38-23-13-6-7-14-23)26(21(2)34-29)20-36(3)30-18-9-12-22-11-5-8-15-24(22)30/h5,8,10-11,15-17,19,23,30,37H,4,6-7,9,12-14,18,20H2,1-3H3. The third-order valence-corrected chi connectivity index (χ3v) is 8.20. The fraction of sp³-hybridized carbons (Fsp3) is 0.438. The first-order valence-electron chi connectivity index (χ1n) is 14.0. The number of benzene rings is 2. The van der Waals surface area contributed by atoms with Gasteiger partial charge in [-0.15, -0.1) is 0 Å². The van der Waals surface area contributed by atoms with Crippen LogP contribution in [0.4, 0.5) is 4.39 Å². The van der Waals surface area contributed by atoms with Gasteiger partial charge >= 0.3 is 0 Å². The van der Waals surface area contributed by atoms with Crippen molar-refractivity contribution >= 4 is 5.71 Å². The van der Waals surface area contributed by atoms with E-state index in [-0.39, 0.29) is 6.10 Å². The summed E-state index contributed by atoms with van der Waals surface area (Å²) in [5.74, 6) is 0.402. The van der Waals surface area contributed by atoms with Gasteiger partial charge in [-0.25, -0.2) is 4.39 Å². The van der Waals surface area contributed by atoms with Crippen LogP contribution in [0.2, 0.25) is 0 Å². The number of rotatable bonds is 8. The summed E-state index contributed by atoms with van der Waals surface area (Å²) >= 11 is 0. The van der Waals surface area contributed by atoms with Gasteiger partial charge in [-0.3, -0.25) is 9.88 Å². The maximum atomic E-state index is 15.0. The number of fused-ring (bicyclic) bond motifs is 1. The number of halogens is 1. The molecule has 38 heavy (non-hydrogen) atoms. The minimum Gasteiger partial charge on any atom is -0.490 e. The molecule has 1 unspecified atom stereocenters. The molecule has 0 radical (unpaired) electrons. The molecule has 1 N–H and O–H groups in total. The Morgan fingerprint density at radius 3 is 2.66 bits per heavy atom. The van der Waals surface area contributed by atoms with Crippen molar-refractivity contribution in [1.82, 2.24) is 9.88 Å². The van der Waals surface area contributed by atoms with Crippen LogP contribution in [-0.4, -0.2) is 34.0 Å². The molecule has 6 heteroatoms. The Hall–Kier alpha value is -3.25. The lowest BCUT2D eigenvalue weighted by atomic mass is 9.87. The molecule has 1 aromatic heterocycles. The lowest BCUT2D eigenvalue weighted by Gasteiger charge is -2.34. The molecule has 1 saturated carbocycles. The molecule has 1 heterocycles. The van der Waals surface area contributed by atoms with Gasteiger partial charge in [0.05, 0.1) is 17.5 Å². The van der Waals surface area contributed by atoms with Gasteiger partial charge in [0.1, 0.15) is 11.6 Å². The SMILES string of the molecule is CCC(=NO)c1c(F)cccc1-c1cc(OC2CCCC2)c(CN(C)C2CCCc3ccccc32)c(C)n1. The summed E-state index contributed by atoms with van der Waals surface area (Å²) < 4.78 is 21.7. The van der Waals surface area contributed by atoms with Crippen LogP contribution in [0.3, 0.4) is 0 Å². The van der Waals surface area contributed by atoms with Gasteiger partial charge < -0.3 is 9.94 Å². The highest BCUT2D eigenvalue weighted by molar-refractivity contribution is 6.05. The van der Waals surface area contributed by atoms with Gasteiger partial charge in [0.15, 0.2) is 0 Å². The maximum absolute atomic E-state index is 15.0. The van der Waals surface area contributed by atoms with Crippen LogP contribution in [0.5, 0.6) is 5.75 Å². The van der Waals surface area contributed by atoms with Gasteiger partial charge in [0.2, 0.25) is 0 Å². The van der Waals surface area contributed by atoms with Crippen molar-refractivity contribution in [3.05, 3.63) is 82.3 Å². The summed E-state index contributed by atoms with van der Waals surface area (Å²) in [6.07, 6.45) is 8.48. The number of aromatic nitrogens is 1. The number of oxime groups is 1. The first-order chi connectivity index (χ1) is 18.5. The van der Waals surface area contributed by atoms with Gasteiger partial charge in [0.25, 0.3) is 0 Å². The largest absolute Gasteiger partial charge is 0.490 e. The Kier molecular flexibility index (Phi) is 8.08. The Bertz CT molecular complexity index is 1320. The molecule has 200 valence electrons.